The molecule has 1 saturated heterocycles. The van der Waals surface area contributed by atoms with Crippen LogP contribution in [0.4, 0.5) is 0 Å². The Bertz CT molecular complexity index is 373. The number of para-hydroxylation sites is 1. The smallest absolute Gasteiger partial charge is 0.122 e. The van der Waals surface area contributed by atoms with Gasteiger partial charge in [0.25, 0.3) is 0 Å². The maximum Gasteiger partial charge on any atom is 0.122 e. The van der Waals surface area contributed by atoms with Gasteiger partial charge >= 0.3 is 0 Å². The topological polar surface area (TPSA) is 22.9 Å². The number of morpholine rings is 1. The lowest BCUT2D eigenvalue weighted by molar-refractivity contribution is -0.908. The minimum Gasteiger partial charge on any atom is -0.493 e. The van der Waals surface area contributed by atoms with Crippen LogP contribution in [0.5, 0.6) is 5.75 Å². The molecule has 1 heterocycles. The first-order valence-electron chi connectivity index (χ1n) is 7.40. The van der Waals surface area contributed by atoms with Gasteiger partial charge in [0.15, 0.2) is 0 Å². The fraction of sp³-hybridized carbons (Fsp3) is 0.625. The number of ether oxygens (including phenoxy) is 2. The lowest BCUT2D eigenvalue weighted by Crippen LogP contribution is -3.14. The van der Waals surface area contributed by atoms with E-state index >= 15 is 0 Å². The molecule has 1 fully saturated rings. The van der Waals surface area contributed by atoms with E-state index in [4.69, 9.17) is 9.47 Å². The van der Waals surface area contributed by atoms with Gasteiger partial charge in [-0.15, -0.1) is 0 Å². The fourth-order valence-corrected chi connectivity index (χ4v) is 2.50. The fourth-order valence-electron chi connectivity index (χ4n) is 2.50. The third kappa shape index (κ3) is 4.51. The Morgan fingerprint density at radius 3 is 2.68 bits per heavy atom. The molecule has 0 spiro atoms. The summed E-state index contributed by atoms with van der Waals surface area (Å²) >= 11 is 0. The SMILES string of the molecule is CC(C)c1ccccc1OCCC[NH+]1CCOCC1. The van der Waals surface area contributed by atoms with Crippen molar-refractivity contribution in [3.05, 3.63) is 29.8 Å². The van der Waals surface area contributed by atoms with E-state index in [1.165, 1.54) is 12.1 Å². The van der Waals surface area contributed by atoms with Gasteiger partial charge in [0.2, 0.25) is 0 Å². The van der Waals surface area contributed by atoms with Crippen molar-refractivity contribution in [1.82, 2.24) is 0 Å². The monoisotopic (exact) mass is 264 g/mol. The Morgan fingerprint density at radius 2 is 1.95 bits per heavy atom. The molecule has 0 aliphatic carbocycles. The summed E-state index contributed by atoms with van der Waals surface area (Å²) in [5, 5.41) is 0. The van der Waals surface area contributed by atoms with Crippen molar-refractivity contribution in [1.29, 1.82) is 0 Å². The molecule has 0 amide bonds. The number of hydrogen-bond acceptors (Lipinski definition) is 2. The molecule has 3 nitrogen and oxygen atoms in total. The predicted molar refractivity (Wildman–Crippen MR) is 77.0 cm³/mol. The Labute approximate surface area is 116 Å². The Hall–Kier alpha value is -1.06. The van der Waals surface area contributed by atoms with Crippen molar-refractivity contribution >= 4 is 0 Å². The lowest BCUT2D eigenvalue weighted by Gasteiger charge is -2.23. The highest BCUT2D eigenvalue weighted by molar-refractivity contribution is 5.35. The molecule has 1 N–H and O–H groups in total. The highest BCUT2D eigenvalue weighted by Crippen LogP contribution is 2.25. The third-order valence-electron chi connectivity index (χ3n) is 3.67. The molecule has 1 aliphatic rings. The summed E-state index contributed by atoms with van der Waals surface area (Å²) < 4.78 is 11.3. The van der Waals surface area contributed by atoms with Crippen LogP contribution in [0.2, 0.25) is 0 Å². The van der Waals surface area contributed by atoms with E-state index in [2.05, 4.69) is 38.1 Å². The Morgan fingerprint density at radius 1 is 1.21 bits per heavy atom. The number of rotatable bonds is 6. The minimum absolute atomic E-state index is 0.515. The maximum atomic E-state index is 5.94. The van der Waals surface area contributed by atoms with Crippen LogP contribution < -0.4 is 9.64 Å². The molecule has 0 atom stereocenters. The van der Waals surface area contributed by atoms with Gasteiger partial charge in [0, 0.05) is 6.42 Å². The van der Waals surface area contributed by atoms with Crippen LogP contribution >= 0.6 is 0 Å². The normalized spacial score (nSPS) is 16.8. The molecule has 1 aromatic carbocycles. The molecule has 0 unspecified atom stereocenters. The van der Waals surface area contributed by atoms with E-state index in [1.807, 2.05) is 0 Å². The van der Waals surface area contributed by atoms with Gasteiger partial charge < -0.3 is 14.4 Å². The second kappa shape index (κ2) is 7.51. The van der Waals surface area contributed by atoms with Gasteiger partial charge in [-0.2, -0.15) is 0 Å². The minimum atomic E-state index is 0.515. The molecule has 1 aliphatic heterocycles. The molecule has 2 rings (SSSR count). The highest BCUT2D eigenvalue weighted by atomic mass is 16.5. The van der Waals surface area contributed by atoms with E-state index in [0.717, 1.165) is 45.1 Å². The second-order valence-electron chi connectivity index (χ2n) is 5.51. The number of hydrogen-bond donors (Lipinski definition) is 1. The lowest BCUT2D eigenvalue weighted by atomic mass is 10.0. The molecule has 19 heavy (non-hydrogen) atoms. The van der Waals surface area contributed by atoms with Gasteiger partial charge in [-0.25, -0.2) is 0 Å². The van der Waals surface area contributed by atoms with Gasteiger partial charge in [0.05, 0.1) is 26.4 Å². The summed E-state index contributed by atoms with van der Waals surface area (Å²) in [4.78, 5) is 1.65. The van der Waals surface area contributed by atoms with Crippen LogP contribution in [-0.2, 0) is 4.74 Å². The molecule has 106 valence electrons. The summed E-state index contributed by atoms with van der Waals surface area (Å²) in [5.41, 5.74) is 1.31. The van der Waals surface area contributed by atoms with Crippen LogP contribution in [0.3, 0.4) is 0 Å². The van der Waals surface area contributed by atoms with Crippen LogP contribution in [0.25, 0.3) is 0 Å². The molecule has 0 bridgehead atoms. The largest absolute Gasteiger partial charge is 0.493 e. The van der Waals surface area contributed by atoms with Crippen molar-refractivity contribution in [2.24, 2.45) is 0 Å². The van der Waals surface area contributed by atoms with Crippen LogP contribution in [-0.4, -0.2) is 39.5 Å². The van der Waals surface area contributed by atoms with E-state index in [1.54, 1.807) is 4.90 Å². The predicted octanol–water partition coefficient (Wildman–Crippen LogP) is 1.49. The first-order valence-corrected chi connectivity index (χ1v) is 7.40. The first kappa shape index (κ1) is 14.4. The molecule has 0 radical (unpaired) electrons. The summed E-state index contributed by atoms with van der Waals surface area (Å²) in [6.07, 6.45) is 1.11. The van der Waals surface area contributed by atoms with Crippen molar-refractivity contribution in [2.45, 2.75) is 26.2 Å². The zero-order valence-corrected chi connectivity index (χ0v) is 12.2. The maximum absolute atomic E-state index is 5.94. The third-order valence-corrected chi connectivity index (χ3v) is 3.67. The van der Waals surface area contributed by atoms with Crippen molar-refractivity contribution < 1.29 is 14.4 Å². The van der Waals surface area contributed by atoms with E-state index < -0.39 is 0 Å². The average Bonchev–Trinajstić information content (AvgIpc) is 2.45. The van der Waals surface area contributed by atoms with E-state index in [-0.39, 0.29) is 0 Å². The summed E-state index contributed by atoms with van der Waals surface area (Å²) in [6, 6.07) is 8.37. The van der Waals surface area contributed by atoms with Gasteiger partial charge in [-0.05, 0) is 17.5 Å². The first-order chi connectivity index (χ1) is 9.27. The number of benzene rings is 1. The summed E-state index contributed by atoms with van der Waals surface area (Å²) in [7, 11) is 0. The van der Waals surface area contributed by atoms with Crippen molar-refractivity contribution in [3.63, 3.8) is 0 Å². The van der Waals surface area contributed by atoms with E-state index in [0.29, 0.717) is 5.92 Å². The zero-order chi connectivity index (χ0) is 13.5. The summed E-state index contributed by atoms with van der Waals surface area (Å²) in [6.45, 7) is 10.5. The quantitative estimate of drug-likeness (QED) is 0.787. The molecule has 1 aromatic rings. The second-order valence-corrected chi connectivity index (χ2v) is 5.51. The van der Waals surface area contributed by atoms with Gasteiger partial charge in [0.1, 0.15) is 18.8 Å². The van der Waals surface area contributed by atoms with Crippen molar-refractivity contribution in [2.75, 3.05) is 39.5 Å². The highest BCUT2D eigenvalue weighted by Gasteiger charge is 2.13. The van der Waals surface area contributed by atoms with E-state index in [9.17, 15) is 0 Å². The van der Waals surface area contributed by atoms with Crippen molar-refractivity contribution in [3.8, 4) is 5.75 Å². The van der Waals surface area contributed by atoms with Gasteiger partial charge in [-0.1, -0.05) is 32.0 Å². The molecule has 3 heteroatoms. The summed E-state index contributed by atoms with van der Waals surface area (Å²) in [5.74, 6) is 1.57. The zero-order valence-electron chi connectivity index (χ0n) is 12.2. The molecule has 0 saturated carbocycles. The van der Waals surface area contributed by atoms with Crippen LogP contribution in [0, 0.1) is 0 Å². The van der Waals surface area contributed by atoms with Crippen LogP contribution in [0.1, 0.15) is 31.7 Å². The number of nitrogens with one attached hydrogen (secondary N) is 1. The molecule has 0 aromatic heterocycles. The average molecular weight is 264 g/mol. The van der Waals surface area contributed by atoms with Crippen LogP contribution in [0.15, 0.2) is 24.3 Å². The molecular weight excluding hydrogens is 238 g/mol. The Balaban J connectivity index is 1.73. The Kier molecular flexibility index (Phi) is 5.67. The molecular formula is C16H26NO2+. The standard InChI is InChI=1S/C16H25NO2/c1-14(2)15-6-3-4-7-16(15)19-11-5-8-17-9-12-18-13-10-17/h3-4,6-7,14H,5,8-13H2,1-2H3/p+1. The number of quaternary nitrogens is 1. The van der Waals surface area contributed by atoms with Gasteiger partial charge in [-0.3, -0.25) is 0 Å².